The second-order valence-corrected chi connectivity index (χ2v) is 4.65. The third-order valence-electron chi connectivity index (χ3n) is 2.33. The molecule has 0 atom stereocenters. The Hall–Kier alpha value is -1.63. The molecule has 1 aromatic carbocycles. The minimum atomic E-state index is 0.312. The largest absolute Gasteiger partial charge is 0.490 e. The fourth-order valence-corrected chi connectivity index (χ4v) is 2.24. The van der Waals surface area contributed by atoms with Crippen molar-refractivity contribution < 1.29 is 14.3 Å². The van der Waals surface area contributed by atoms with E-state index in [2.05, 4.69) is 9.82 Å². The van der Waals surface area contributed by atoms with E-state index in [1.54, 1.807) is 0 Å². The first-order chi connectivity index (χ1) is 9.33. The number of ether oxygens (including phenoxy) is 2. The van der Waals surface area contributed by atoms with Gasteiger partial charge in [-0.05, 0) is 19.1 Å². The van der Waals surface area contributed by atoms with Gasteiger partial charge in [-0.1, -0.05) is 12.1 Å². The molecule has 0 bridgehead atoms. The summed E-state index contributed by atoms with van der Waals surface area (Å²) in [5, 5.41) is 2.78. The molecule has 2 aromatic rings. The minimum Gasteiger partial charge on any atom is -0.490 e. The molecule has 2 N–H and O–H groups in total. The summed E-state index contributed by atoms with van der Waals surface area (Å²) in [7, 11) is 0. The van der Waals surface area contributed by atoms with Crippen LogP contribution in [0.15, 0.2) is 29.6 Å². The van der Waals surface area contributed by atoms with E-state index in [4.69, 9.17) is 15.4 Å². The topological polar surface area (TPSA) is 66.6 Å². The molecule has 0 unspecified atom stereocenters. The molecule has 1 aromatic heterocycles. The fraction of sp³-hybridized carbons (Fsp3) is 0.308. The summed E-state index contributed by atoms with van der Waals surface area (Å²) in [5.74, 6) is 6.47. The van der Waals surface area contributed by atoms with E-state index in [1.807, 2.05) is 36.6 Å². The maximum Gasteiger partial charge on any atom is 0.161 e. The number of benzene rings is 1. The molecule has 5 nitrogen and oxygen atoms in total. The molecule has 6 heteroatoms. The van der Waals surface area contributed by atoms with E-state index in [1.165, 1.54) is 11.3 Å². The molecule has 102 valence electrons. The maximum atomic E-state index is 5.72. The lowest BCUT2D eigenvalue weighted by atomic mass is 10.3. The van der Waals surface area contributed by atoms with Gasteiger partial charge in [0.1, 0.15) is 18.2 Å². The van der Waals surface area contributed by atoms with Crippen molar-refractivity contribution in [3.63, 3.8) is 0 Å². The van der Waals surface area contributed by atoms with E-state index in [-0.39, 0.29) is 0 Å². The number of hydrogen-bond donors (Lipinski definition) is 1. The van der Waals surface area contributed by atoms with E-state index in [0.29, 0.717) is 19.8 Å². The van der Waals surface area contributed by atoms with Crippen LogP contribution in [-0.2, 0) is 18.1 Å². The zero-order valence-corrected chi connectivity index (χ0v) is 11.5. The highest BCUT2D eigenvalue weighted by Gasteiger charge is 2.06. The molecule has 0 amide bonds. The summed E-state index contributed by atoms with van der Waals surface area (Å²) in [6.07, 6.45) is 0. The van der Waals surface area contributed by atoms with Crippen molar-refractivity contribution in [3.8, 4) is 11.5 Å². The van der Waals surface area contributed by atoms with Crippen LogP contribution < -0.4 is 15.4 Å². The van der Waals surface area contributed by atoms with Crippen molar-refractivity contribution in [2.75, 3.05) is 6.61 Å². The molecule has 0 fully saturated rings. The van der Waals surface area contributed by atoms with Crippen LogP contribution in [0.1, 0.15) is 17.6 Å². The van der Waals surface area contributed by atoms with Crippen molar-refractivity contribution in [3.05, 3.63) is 40.3 Å². The molecule has 0 spiro atoms. The smallest absolute Gasteiger partial charge is 0.161 e. The molecule has 0 saturated heterocycles. The first-order valence-corrected chi connectivity index (χ1v) is 6.81. The Balaban J connectivity index is 1.97. The van der Waals surface area contributed by atoms with Crippen molar-refractivity contribution >= 4 is 11.3 Å². The van der Waals surface area contributed by atoms with Gasteiger partial charge >= 0.3 is 0 Å². The van der Waals surface area contributed by atoms with E-state index in [9.17, 15) is 0 Å². The van der Waals surface area contributed by atoms with Crippen LogP contribution in [0.25, 0.3) is 0 Å². The summed E-state index contributed by atoms with van der Waals surface area (Å²) < 4.78 is 11.2. The Morgan fingerprint density at radius 1 is 1.16 bits per heavy atom. The minimum absolute atomic E-state index is 0.312. The van der Waals surface area contributed by atoms with Gasteiger partial charge in [0.15, 0.2) is 11.5 Å². The summed E-state index contributed by atoms with van der Waals surface area (Å²) in [4.78, 5) is 8.88. The second-order valence-electron chi connectivity index (χ2n) is 3.71. The lowest BCUT2D eigenvalue weighted by molar-refractivity contribution is 0.121. The van der Waals surface area contributed by atoms with Gasteiger partial charge in [0, 0.05) is 5.38 Å². The Labute approximate surface area is 115 Å². The molecule has 0 aliphatic heterocycles. The number of aromatic nitrogens is 1. The number of para-hydroxylation sites is 2. The molecule has 0 aliphatic carbocycles. The third kappa shape index (κ3) is 3.92. The lowest BCUT2D eigenvalue weighted by Crippen LogP contribution is -2.01. The van der Waals surface area contributed by atoms with Crippen molar-refractivity contribution in [2.45, 2.75) is 20.1 Å². The van der Waals surface area contributed by atoms with E-state index >= 15 is 0 Å². The molecule has 19 heavy (non-hydrogen) atoms. The number of nitrogens with zero attached hydrogens (tertiary/aromatic N) is 1. The Kier molecular flexibility index (Phi) is 5.14. The van der Waals surface area contributed by atoms with Gasteiger partial charge in [-0.3, -0.25) is 4.84 Å². The SMILES string of the molecule is CCOc1ccccc1OCc1nc(CON)cs1. The van der Waals surface area contributed by atoms with Gasteiger partial charge in [-0.25, -0.2) is 10.9 Å². The summed E-state index contributed by atoms with van der Waals surface area (Å²) in [6.45, 7) is 3.26. The van der Waals surface area contributed by atoms with Crippen LogP contribution in [0.2, 0.25) is 0 Å². The Morgan fingerprint density at radius 2 is 1.89 bits per heavy atom. The third-order valence-corrected chi connectivity index (χ3v) is 3.20. The van der Waals surface area contributed by atoms with Gasteiger partial charge in [-0.15, -0.1) is 11.3 Å². The average Bonchev–Trinajstić information content (AvgIpc) is 2.86. The number of thiazole rings is 1. The summed E-state index contributed by atoms with van der Waals surface area (Å²) in [6, 6.07) is 7.59. The first kappa shape index (κ1) is 13.8. The highest BCUT2D eigenvalue weighted by atomic mass is 32.1. The van der Waals surface area contributed by atoms with Gasteiger partial charge < -0.3 is 9.47 Å². The monoisotopic (exact) mass is 280 g/mol. The molecule has 2 rings (SSSR count). The summed E-state index contributed by atoms with van der Waals surface area (Å²) in [5.41, 5.74) is 0.809. The fourth-order valence-electron chi connectivity index (χ4n) is 1.55. The summed E-state index contributed by atoms with van der Waals surface area (Å²) >= 11 is 1.52. The zero-order valence-electron chi connectivity index (χ0n) is 10.7. The second kappa shape index (κ2) is 7.08. The standard InChI is InChI=1S/C13H16N2O3S/c1-2-16-11-5-3-4-6-12(11)17-8-13-15-10(7-18-14)9-19-13/h3-6,9H,2,7-8,14H2,1H3. The lowest BCUT2D eigenvalue weighted by Gasteiger charge is -2.10. The van der Waals surface area contributed by atoms with Gasteiger partial charge in [0.05, 0.1) is 12.3 Å². The molecular weight excluding hydrogens is 264 g/mol. The molecular formula is C13H16N2O3S. The normalized spacial score (nSPS) is 10.4. The van der Waals surface area contributed by atoms with Crippen LogP contribution in [0, 0.1) is 0 Å². The molecule has 0 radical (unpaired) electrons. The molecule has 1 heterocycles. The van der Waals surface area contributed by atoms with Crippen LogP contribution in [0.3, 0.4) is 0 Å². The average molecular weight is 280 g/mol. The molecule has 0 saturated carbocycles. The number of nitrogens with two attached hydrogens (primary N) is 1. The maximum absolute atomic E-state index is 5.72. The Morgan fingerprint density at radius 3 is 2.58 bits per heavy atom. The van der Waals surface area contributed by atoms with Crippen molar-refractivity contribution in [1.29, 1.82) is 0 Å². The van der Waals surface area contributed by atoms with Gasteiger partial charge in [0.25, 0.3) is 0 Å². The van der Waals surface area contributed by atoms with E-state index < -0.39 is 0 Å². The number of hydrogen-bond acceptors (Lipinski definition) is 6. The molecule has 0 aliphatic rings. The predicted octanol–water partition coefficient (Wildman–Crippen LogP) is 2.51. The Bertz CT molecular complexity index is 516. The highest BCUT2D eigenvalue weighted by molar-refractivity contribution is 7.09. The van der Waals surface area contributed by atoms with Crippen LogP contribution in [0.5, 0.6) is 11.5 Å². The van der Waals surface area contributed by atoms with Crippen LogP contribution in [0.4, 0.5) is 0 Å². The highest BCUT2D eigenvalue weighted by Crippen LogP contribution is 2.27. The van der Waals surface area contributed by atoms with Crippen molar-refractivity contribution in [1.82, 2.24) is 4.98 Å². The zero-order chi connectivity index (χ0) is 13.5. The van der Waals surface area contributed by atoms with Crippen molar-refractivity contribution in [2.24, 2.45) is 5.90 Å². The quantitative estimate of drug-likeness (QED) is 0.789. The van der Waals surface area contributed by atoms with Gasteiger partial charge in [-0.2, -0.15) is 0 Å². The van der Waals surface area contributed by atoms with Crippen LogP contribution in [-0.4, -0.2) is 11.6 Å². The van der Waals surface area contributed by atoms with E-state index in [0.717, 1.165) is 22.2 Å². The first-order valence-electron chi connectivity index (χ1n) is 5.93. The van der Waals surface area contributed by atoms with Gasteiger partial charge in [0.2, 0.25) is 0 Å². The number of rotatable bonds is 7. The van der Waals surface area contributed by atoms with Crippen LogP contribution >= 0.6 is 11.3 Å². The predicted molar refractivity (Wildman–Crippen MR) is 73.0 cm³/mol.